The van der Waals surface area contributed by atoms with Crippen molar-refractivity contribution in [1.82, 2.24) is 10.6 Å². The van der Waals surface area contributed by atoms with Crippen LogP contribution >= 0.6 is 7.60 Å². The van der Waals surface area contributed by atoms with Gasteiger partial charge >= 0.3 is 13.6 Å². The lowest BCUT2D eigenvalue weighted by molar-refractivity contribution is 0.240. The molecule has 0 aliphatic heterocycles. The Morgan fingerprint density at radius 3 is 2.50 bits per heavy atom. The summed E-state index contributed by atoms with van der Waals surface area (Å²) in [7, 11) is -3.98. The zero-order chi connectivity index (χ0) is 16.0. The van der Waals surface area contributed by atoms with Crippen LogP contribution in [0.2, 0.25) is 0 Å². The van der Waals surface area contributed by atoms with Crippen molar-refractivity contribution in [2.45, 2.75) is 13.0 Å². The number of rotatable bonds is 6. The normalized spacial score (nSPS) is 11.4. The van der Waals surface area contributed by atoms with E-state index in [9.17, 15) is 9.36 Å². The van der Waals surface area contributed by atoms with E-state index < -0.39 is 7.60 Å². The maximum absolute atomic E-state index is 11.6. The standard InChI is InChI=1S/C15H19N2O4P/c18-15(16-8-3-9-22(19,20)21)17-11-12-6-7-13-4-1-2-5-14(13)10-12/h1-2,4-7,10H,3,8-9,11H2,(H2,16,17,18)(H2,19,20,21). The smallest absolute Gasteiger partial charge is 0.325 e. The Morgan fingerprint density at radius 2 is 1.77 bits per heavy atom. The number of benzene rings is 2. The van der Waals surface area contributed by atoms with E-state index in [1.54, 1.807) is 0 Å². The highest BCUT2D eigenvalue weighted by Gasteiger charge is 2.11. The summed E-state index contributed by atoms with van der Waals surface area (Å²) in [6.45, 7) is 0.629. The van der Waals surface area contributed by atoms with Crippen molar-refractivity contribution in [1.29, 1.82) is 0 Å². The summed E-state index contributed by atoms with van der Waals surface area (Å²) in [5.74, 6) is 0. The van der Waals surface area contributed by atoms with Crippen molar-refractivity contribution in [3.8, 4) is 0 Å². The molecule has 0 aliphatic rings. The summed E-state index contributed by atoms with van der Waals surface area (Å²) in [4.78, 5) is 29.0. The molecule has 22 heavy (non-hydrogen) atoms. The molecular weight excluding hydrogens is 303 g/mol. The average molecular weight is 322 g/mol. The first-order valence-corrected chi connectivity index (χ1v) is 8.78. The molecule has 0 bridgehead atoms. The third kappa shape index (κ3) is 5.48. The van der Waals surface area contributed by atoms with Gasteiger partial charge in [-0.15, -0.1) is 0 Å². The SMILES string of the molecule is O=C(NCCCP(=O)(O)O)NCc1ccc2ccccc2c1. The molecule has 0 atom stereocenters. The van der Waals surface area contributed by atoms with E-state index in [-0.39, 0.29) is 25.2 Å². The molecule has 0 radical (unpaired) electrons. The fourth-order valence-electron chi connectivity index (χ4n) is 2.08. The first-order valence-electron chi connectivity index (χ1n) is 6.98. The largest absolute Gasteiger partial charge is 0.338 e. The summed E-state index contributed by atoms with van der Waals surface area (Å²) >= 11 is 0. The first kappa shape index (κ1) is 16.5. The van der Waals surface area contributed by atoms with Crippen LogP contribution in [0.15, 0.2) is 42.5 Å². The van der Waals surface area contributed by atoms with Crippen LogP contribution in [0.25, 0.3) is 10.8 Å². The molecule has 0 aliphatic carbocycles. The molecule has 0 fully saturated rings. The van der Waals surface area contributed by atoms with Crippen molar-refractivity contribution in [2.24, 2.45) is 0 Å². The van der Waals surface area contributed by atoms with Gasteiger partial charge in [0.1, 0.15) is 0 Å². The number of carbonyl (C=O) groups excluding carboxylic acids is 1. The van der Waals surface area contributed by atoms with Gasteiger partial charge in [0.15, 0.2) is 0 Å². The van der Waals surface area contributed by atoms with Gasteiger partial charge in [0.2, 0.25) is 0 Å². The van der Waals surface area contributed by atoms with Gasteiger partial charge in [-0.1, -0.05) is 36.4 Å². The second-order valence-electron chi connectivity index (χ2n) is 5.03. The van der Waals surface area contributed by atoms with Crippen LogP contribution in [0.3, 0.4) is 0 Å². The second-order valence-corrected chi connectivity index (χ2v) is 6.81. The second kappa shape index (κ2) is 7.40. The van der Waals surface area contributed by atoms with Gasteiger partial charge in [-0.25, -0.2) is 4.79 Å². The van der Waals surface area contributed by atoms with E-state index in [1.165, 1.54) is 0 Å². The Hall–Kier alpha value is -1.88. The van der Waals surface area contributed by atoms with Crippen LogP contribution < -0.4 is 10.6 Å². The predicted molar refractivity (Wildman–Crippen MR) is 85.7 cm³/mol. The number of hydrogen-bond donors (Lipinski definition) is 4. The maximum atomic E-state index is 11.6. The van der Waals surface area contributed by atoms with Crippen molar-refractivity contribution < 1.29 is 19.1 Å². The third-order valence-corrected chi connectivity index (χ3v) is 4.08. The Balaban J connectivity index is 1.76. The summed E-state index contributed by atoms with van der Waals surface area (Å²) in [5, 5.41) is 7.55. The fourth-order valence-corrected chi connectivity index (χ4v) is 2.65. The molecule has 2 rings (SSSR count). The molecule has 0 spiro atoms. The highest BCUT2D eigenvalue weighted by Crippen LogP contribution is 2.34. The van der Waals surface area contributed by atoms with E-state index in [4.69, 9.17) is 9.79 Å². The molecule has 0 saturated carbocycles. The van der Waals surface area contributed by atoms with Gasteiger partial charge in [0, 0.05) is 13.1 Å². The minimum atomic E-state index is -3.98. The minimum Gasteiger partial charge on any atom is -0.338 e. The fraction of sp³-hybridized carbons (Fsp3) is 0.267. The molecule has 0 saturated heterocycles. The van der Waals surface area contributed by atoms with Crippen LogP contribution in [-0.2, 0) is 11.1 Å². The number of nitrogens with one attached hydrogen (secondary N) is 2. The summed E-state index contributed by atoms with van der Waals surface area (Å²) < 4.78 is 10.7. The molecule has 0 unspecified atom stereocenters. The molecule has 7 heteroatoms. The number of carbonyl (C=O) groups is 1. The molecule has 2 aromatic carbocycles. The van der Waals surface area contributed by atoms with Gasteiger partial charge in [-0.3, -0.25) is 4.57 Å². The van der Waals surface area contributed by atoms with E-state index in [1.807, 2.05) is 42.5 Å². The summed E-state index contributed by atoms with van der Waals surface area (Å²) in [6.07, 6.45) is 0.0195. The van der Waals surface area contributed by atoms with Crippen molar-refractivity contribution in [3.05, 3.63) is 48.0 Å². The number of fused-ring (bicyclic) bond motifs is 1. The van der Waals surface area contributed by atoms with Gasteiger partial charge in [0.05, 0.1) is 6.16 Å². The third-order valence-electron chi connectivity index (χ3n) is 3.18. The Labute approximate surface area is 128 Å². The van der Waals surface area contributed by atoms with E-state index in [2.05, 4.69) is 10.6 Å². The average Bonchev–Trinajstić information content (AvgIpc) is 2.48. The zero-order valence-corrected chi connectivity index (χ0v) is 12.9. The Kier molecular flexibility index (Phi) is 5.55. The number of hydrogen-bond acceptors (Lipinski definition) is 2. The minimum absolute atomic E-state index is 0.224. The summed E-state index contributed by atoms with van der Waals surface area (Å²) in [6, 6.07) is 13.6. The monoisotopic (exact) mass is 322 g/mol. The quantitative estimate of drug-likeness (QED) is 0.484. The van der Waals surface area contributed by atoms with E-state index in [0.29, 0.717) is 6.54 Å². The van der Waals surface area contributed by atoms with Gasteiger partial charge in [-0.2, -0.15) is 0 Å². The first-order chi connectivity index (χ1) is 10.4. The lowest BCUT2D eigenvalue weighted by Gasteiger charge is -2.09. The van der Waals surface area contributed by atoms with Gasteiger partial charge < -0.3 is 20.4 Å². The van der Waals surface area contributed by atoms with Gasteiger partial charge in [-0.05, 0) is 28.8 Å². The molecule has 6 nitrogen and oxygen atoms in total. The maximum Gasteiger partial charge on any atom is 0.325 e. The molecular formula is C15H19N2O4P. The van der Waals surface area contributed by atoms with Crippen LogP contribution in [0.4, 0.5) is 4.79 Å². The lowest BCUT2D eigenvalue weighted by Crippen LogP contribution is -2.35. The van der Waals surface area contributed by atoms with Gasteiger partial charge in [0.25, 0.3) is 0 Å². The molecule has 118 valence electrons. The highest BCUT2D eigenvalue weighted by molar-refractivity contribution is 7.51. The number of urea groups is 1. The van der Waals surface area contributed by atoms with Crippen LogP contribution in [0, 0.1) is 0 Å². The topological polar surface area (TPSA) is 98.7 Å². The zero-order valence-electron chi connectivity index (χ0n) is 12.0. The molecule has 0 heterocycles. The number of amides is 2. The van der Waals surface area contributed by atoms with Crippen molar-refractivity contribution >= 4 is 24.4 Å². The van der Waals surface area contributed by atoms with Crippen LogP contribution in [-0.4, -0.2) is 28.5 Å². The molecule has 4 N–H and O–H groups in total. The van der Waals surface area contributed by atoms with Crippen LogP contribution in [0.5, 0.6) is 0 Å². The van der Waals surface area contributed by atoms with Crippen LogP contribution in [0.1, 0.15) is 12.0 Å². The Bertz CT molecular complexity index is 699. The van der Waals surface area contributed by atoms with Crippen molar-refractivity contribution in [2.75, 3.05) is 12.7 Å². The van der Waals surface area contributed by atoms with E-state index in [0.717, 1.165) is 16.3 Å². The summed E-state index contributed by atoms with van der Waals surface area (Å²) in [5.41, 5.74) is 0.990. The lowest BCUT2D eigenvalue weighted by atomic mass is 10.1. The highest BCUT2D eigenvalue weighted by atomic mass is 31.2. The molecule has 2 amide bonds. The van der Waals surface area contributed by atoms with E-state index >= 15 is 0 Å². The molecule has 2 aromatic rings. The molecule has 0 aromatic heterocycles. The Morgan fingerprint density at radius 1 is 1.05 bits per heavy atom. The predicted octanol–water partition coefficient (Wildman–Crippen LogP) is 2.21. The van der Waals surface area contributed by atoms with Crippen molar-refractivity contribution in [3.63, 3.8) is 0 Å².